The summed E-state index contributed by atoms with van der Waals surface area (Å²) in [5, 5.41) is 6.43. The first kappa shape index (κ1) is 11.9. The molecule has 1 unspecified atom stereocenters. The van der Waals surface area contributed by atoms with E-state index in [1.165, 1.54) is 25.7 Å². The fourth-order valence-corrected chi connectivity index (χ4v) is 2.81. The molecule has 1 saturated heterocycles. The molecule has 3 nitrogen and oxygen atoms in total. The number of hydrogen-bond donors (Lipinski definition) is 2. The highest BCUT2D eigenvalue weighted by molar-refractivity contribution is 5.79. The van der Waals surface area contributed by atoms with Crippen LogP contribution in [0.2, 0.25) is 0 Å². The van der Waals surface area contributed by atoms with Crippen molar-refractivity contribution in [2.45, 2.75) is 45.6 Å². The van der Waals surface area contributed by atoms with Crippen molar-refractivity contribution >= 4 is 5.91 Å². The second-order valence-electron chi connectivity index (χ2n) is 5.55. The highest BCUT2D eigenvalue weighted by atomic mass is 16.1. The second-order valence-corrected chi connectivity index (χ2v) is 5.55. The van der Waals surface area contributed by atoms with Gasteiger partial charge in [0.25, 0.3) is 0 Å². The van der Waals surface area contributed by atoms with Gasteiger partial charge in [-0.25, -0.2) is 0 Å². The van der Waals surface area contributed by atoms with Crippen molar-refractivity contribution in [3.8, 4) is 0 Å². The zero-order chi connectivity index (χ0) is 11.5. The van der Waals surface area contributed by atoms with Gasteiger partial charge in [-0.2, -0.15) is 0 Å². The Kier molecular flexibility index (Phi) is 3.85. The topological polar surface area (TPSA) is 41.1 Å². The van der Waals surface area contributed by atoms with Gasteiger partial charge in [-0.15, -0.1) is 0 Å². The molecule has 0 aromatic carbocycles. The molecule has 0 bridgehead atoms. The van der Waals surface area contributed by atoms with Crippen LogP contribution in [0.25, 0.3) is 0 Å². The van der Waals surface area contributed by atoms with Gasteiger partial charge in [0.15, 0.2) is 0 Å². The minimum absolute atomic E-state index is 0.171. The van der Waals surface area contributed by atoms with Gasteiger partial charge < -0.3 is 10.6 Å². The predicted molar refractivity (Wildman–Crippen MR) is 65.1 cm³/mol. The lowest BCUT2D eigenvalue weighted by Gasteiger charge is -2.33. The van der Waals surface area contributed by atoms with Crippen LogP contribution in [-0.2, 0) is 4.79 Å². The molecule has 92 valence electrons. The minimum atomic E-state index is 0.171. The maximum Gasteiger partial charge on any atom is 0.223 e. The maximum absolute atomic E-state index is 12.0. The van der Waals surface area contributed by atoms with Crippen LogP contribution in [0.15, 0.2) is 0 Å². The van der Waals surface area contributed by atoms with Crippen LogP contribution in [0, 0.1) is 17.8 Å². The molecule has 1 heterocycles. The minimum Gasteiger partial charge on any atom is -0.353 e. The van der Waals surface area contributed by atoms with Crippen LogP contribution < -0.4 is 10.6 Å². The second kappa shape index (κ2) is 5.17. The highest BCUT2D eigenvalue weighted by Crippen LogP contribution is 2.28. The van der Waals surface area contributed by atoms with Crippen LogP contribution >= 0.6 is 0 Å². The Morgan fingerprint density at radius 3 is 2.31 bits per heavy atom. The normalized spacial score (nSPS) is 26.1. The molecular formula is C13H24N2O. The van der Waals surface area contributed by atoms with Crippen LogP contribution in [0.1, 0.15) is 39.5 Å². The van der Waals surface area contributed by atoms with E-state index in [2.05, 4.69) is 24.5 Å². The van der Waals surface area contributed by atoms with Gasteiger partial charge in [0.05, 0.1) is 0 Å². The van der Waals surface area contributed by atoms with E-state index in [1.54, 1.807) is 0 Å². The zero-order valence-corrected chi connectivity index (χ0v) is 10.5. The Balaban J connectivity index is 1.76. The number of rotatable bonds is 4. The Bertz CT molecular complexity index is 244. The third-order valence-electron chi connectivity index (χ3n) is 4.41. The number of carbonyl (C=O) groups excluding carboxylic acids is 1. The summed E-state index contributed by atoms with van der Waals surface area (Å²) in [6, 6.07) is 0.366. The molecule has 2 atom stereocenters. The maximum atomic E-state index is 12.0. The fourth-order valence-electron chi connectivity index (χ4n) is 2.81. The standard InChI is InChI=1S/C13H24N2O/c1-9(12-7-14-8-12)13(16)15-10(2)11-5-3-4-6-11/h9-12,14H,3-8H2,1-2H3,(H,15,16)/t9?,10-/m0/s1. The first-order valence-corrected chi connectivity index (χ1v) is 6.69. The summed E-state index contributed by atoms with van der Waals surface area (Å²) < 4.78 is 0. The molecule has 1 amide bonds. The molecule has 2 fully saturated rings. The summed E-state index contributed by atoms with van der Waals surface area (Å²) in [6.45, 7) is 6.24. The van der Waals surface area contributed by atoms with E-state index >= 15 is 0 Å². The van der Waals surface area contributed by atoms with Crippen molar-refractivity contribution in [1.29, 1.82) is 0 Å². The first-order valence-electron chi connectivity index (χ1n) is 6.69. The molecule has 0 aromatic rings. The Labute approximate surface area is 98.4 Å². The van der Waals surface area contributed by atoms with Gasteiger partial charge in [0.2, 0.25) is 5.91 Å². The van der Waals surface area contributed by atoms with Crippen LogP contribution in [0.3, 0.4) is 0 Å². The molecule has 16 heavy (non-hydrogen) atoms. The van der Waals surface area contributed by atoms with E-state index in [4.69, 9.17) is 0 Å². The molecule has 2 rings (SSSR count). The summed E-state index contributed by atoms with van der Waals surface area (Å²) >= 11 is 0. The zero-order valence-electron chi connectivity index (χ0n) is 10.5. The molecule has 0 radical (unpaired) electrons. The molecule has 1 saturated carbocycles. The molecule has 0 aromatic heterocycles. The van der Waals surface area contributed by atoms with E-state index in [-0.39, 0.29) is 11.8 Å². The summed E-state index contributed by atoms with van der Waals surface area (Å²) in [5.74, 6) is 1.70. The van der Waals surface area contributed by atoms with Gasteiger partial charge >= 0.3 is 0 Å². The summed E-state index contributed by atoms with van der Waals surface area (Å²) in [5.41, 5.74) is 0. The first-order chi connectivity index (χ1) is 7.68. The van der Waals surface area contributed by atoms with Crippen molar-refractivity contribution in [2.75, 3.05) is 13.1 Å². The summed E-state index contributed by atoms with van der Waals surface area (Å²) in [4.78, 5) is 12.0. The van der Waals surface area contributed by atoms with Gasteiger partial charge in [-0.05, 0) is 44.7 Å². The highest BCUT2D eigenvalue weighted by Gasteiger charge is 2.30. The molecule has 3 heteroatoms. The van der Waals surface area contributed by atoms with Gasteiger partial charge in [0, 0.05) is 12.0 Å². The van der Waals surface area contributed by atoms with E-state index in [0.29, 0.717) is 12.0 Å². The van der Waals surface area contributed by atoms with Crippen molar-refractivity contribution < 1.29 is 4.79 Å². The number of hydrogen-bond acceptors (Lipinski definition) is 2. The summed E-state index contributed by atoms with van der Waals surface area (Å²) in [7, 11) is 0. The lowest BCUT2D eigenvalue weighted by atomic mass is 9.87. The van der Waals surface area contributed by atoms with Gasteiger partial charge in [-0.3, -0.25) is 4.79 Å². The molecule has 1 aliphatic heterocycles. The number of amides is 1. The Morgan fingerprint density at radius 2 is 1.81 bits per heavy atom. The lowest BCUT2D eigenvalue weighted by molar-refractivity contribution is -0.127. The number of nitrogens with one attached hydrogen (secondary N) is 2. The van der Waals surface area contributed by atoms with Crippen molar-refractivity contribution in [1.82, 2.24) is 10.6 Å². The predicted octanol–water partition coefficient (Wildman–Crippen LogP) is 1.54. The quantitative estimate of drug-likeness (QED) is 0.760. The average Bonchev–Trinajstić information content (AvgIpc) is 2.67. The van der Waals surface area contributed by atoms with Crippen molar-refractivity contribution in [3.63, 3.8) is 0 Å². The average molecular weight is 224 g/mol. The fraction of sp³-hybridized carbons (Fsp3) is 0.923. The third kappa shape index (κ3) is 2.57. The van der Waals surface area contributed by atoms with Gasteiger partial charge in [-0.1, -0.05) is 19.8 Å². The van der Waals surface area contributed by atoms with Crippen molar-refractivity contribution in [2.24, 2.45) is 17.8 Å². The number of carbonyl (C=O) groups is 1. The molecule has 1 aliphatic carbocycles. The van der Waals surface area contributed by atoms with E-state index in [1.807, 2.05) is 0 Å². The third-order valence-corrected chi connectivity index (χ3v) is 4.41. The van der Waals surface area contributed by atoms with E-state index < -0.39 is 0 Å². The summed E-state index contributed by atoms with van der Waals surface area (Å²) in [6.07, 6.45) is 5.27. The Hall–Kier alpha value is -0.570. The van der Waals surface area contributed by atoms with Crippen LogP contribution in [-0.4, -0.2) is 25.0 Å². The van der Waals surface area contributed by atoms with E-state index in [9.17, 15) is 4.79 Å². The molecule has 2 N–H and O–H groups in total. The van der Waals surface area contributed by atoms with E-state index in [0.717, 1.165) is 19.0 Å². The lowest BCUT2D eigenvalue weighted by Crippen LogP contribution is -2.51. The van der Waals surface area contributed by atoms with Crippen LogP contribution in [0.5, 0.6) is 0 Å². The molecular weight excluding hydrogens is 200 g/mol. The van der Waals surface area contributed by atoms with Crippen LogP contribution in [0.4, 0.5) is 0 Å². The molecule has 2 aliphatic rings. The molecule has 0 spiro atoms. The van der Waals surface area contributed by atoms with Gasteiger partial charge in [0.1, 0.15) is 0 Å². The smallest absolute Gasteiger partial charge is 0.223 e. The van der Waals surface area contributed by atoms with Crippen molar-refractivity contribution in [3.05, 3.63) is 0 Å². The SMILES string of the molecule is CC(C(=O)N[C@@H](C)C1CCCC1)C1CNC1. The Morgan fingerprint density at radius 1 is 1.19 bits per heavy atom. The monoisotopic (exact) mass is 224 g/mol. The largest absolute Gasteiger partial charge is 0.353 e.